The van der Waals surface area contributed by atoms with Crippen molar-refractivity contribution in [2.45, 2.75) is 52.4 Å². The molecular formula is C12H23NO3. The normalized spacial score (nSPS) is 9.88. The molecule has 4 nitrogen and oxygen atoms in total. The van der Waals surface area contributed by atoms with E-state index in [1.165, 1.54) is 0 Å². The standard InChI is InChI=1S/C12H23NO3/c1-3-9-15-11(13)7-5-6-8-12(14)16-10-4-2/h13H,3-10H2,1-2H3. The molecule has 0 amide bonds. The van der Waals surface area contributed by atoms with Gasteiger partial charge in [0.1, 0.15) is 0 Å². The lowest BCUT2D eigenvalue weighted by Gasteiger charge is -2.05. The van der Waals surface area contributed by atoms with Crippen LogP contribution in [0.4, 0.5) is 0 Å². The van der Waals surface area contributed by atoms with E-state index in [9.17, 15) is 4.79 Å². The Morgan fingerprint density at radius 3 is 2.19 bits per heavy atom. The first-order valence-electron chi connectivity index (χ1n) is 6.06. The summed E-state index contributed by atoms with van der Waals surface area (Å²) in [5.41, 5.74) is 0. The lowest BCUT2D eigenvalue weighted by Crippen LogP contribution is -2.06. The van der Waals surface area contributed by atoms with Crippen molar-refractivity contribution in [3.63, 3.8) is 0 Å². The van der Waals surface area contributed by atoms with E-state index in [0.29, 0.717) is 32.0 Å². The molecule has 0 aliphatic carbocycles. The molecule has 94 valence electrons. The molecule has 1 N–H and O–H groups in total. The van der Waals surface area contributed by atoms with Gasteiger partial charge in [0.25, 0.3) is 0 Å². The van der Waals surface area contributed by atoms with Gasteiger partial charge in [-0.15, -0.1) is 0 Å². The molecular weight excluding hydrogens is 206 g/mol. The van der Waals surface area contributed by atoms with Gasteiger partial charge in [0, 0.05) is 12.8 Å². The van der Waals surface area contributed by atoms with E-state index in [2.05, 4.69) is 0 Å². The summed E-state index contributed by atoms with van der Waals surface area (Å²) in [5.74, 6) is 0.187. The number of ether oxygens (including phenoxy) is 2. The highest BCUT2D eigenvalue weighted by Gasteiger charge is 2.03. The third-order valence-electron chi connectivity index (χ3n) is 1.98. The summed E-state index contributed by atoms with van der Waals surface area (Å²) in [6.07, 6.45) is 4.42. The van der Waals surface area contributed by atoms with E-state index in [0.717, 1.165) is 25.7 Å². The van der Waals surface area contributed by atoms with Crippen LogP contribution < -0.4 is 0 Å². The number of carbonyl (C=O) groups is 1. The summed E-state index contributed by atoms with van der Waals surface area (Å²) in [5, 5.41) is 7.45. The molecule has 0 unspecified atom stereocenters. The van der Waals surface area contributed by atoms with Crippen LogP contribution in [0.25, 0.3) is 0 Å². The van der Waals surface area contributed by atoms with E-state index in [1.54, 1.807) is 0 Å². The van der Waals surface area contributed by atoms with E-state index in [1.807, 2.05) is 13.8 Å². The molecule has 0 fully saturated rings. The largest absolute Gasteiger partial charge is 0.481 e. The molecule has 0 spiro atoms. The molecule has 0 bridgehead atoms. The number of nitrogens with one attached hydrogen (secondary N) is 1. The van der Waals surface area contributed by atoms with Gasteiger partial charge >= 0.3 is 5.97 Å². The zero-order valence-corrected chi connectivity index (χ0v) is 10.4. The van der Waals surface area contributed by atoms with Crippen molar-refractivity contribution in [1.82, 2.24) is 0 Å². The van der Waals surface area contributed by atoms with Crippen molar-refractivity contribution >= 4 is 11.9 Å². The van der Waals surface area contributed by atoms with Crippen molar-refractivity contribution in [1.29, 1.82) is 5.41 Å². The van der Waals surface area contributed by atoms with Gasteiger partial charge in [0.05, 0.1) is 13.2 Å². The predicted octanol–water partition coefficient (Wildman–Crippen LogP) is 2.90. The summed E-state index contributed by atoms with van der Waals surface area (Å²) >= 11 is 0. The van der Waals surface area contributed by atoms with Crippen molar-refractivity contribution in [2.24, 2.45) is 0 Å². The topological polar surface area (TPSA) is 59.4 Å². The Labute approximate surface area is 97.8 Å². The summed E-state index contributed by atoms with van der Waals surface area (Å²) in [6.45, 7) is 5.10. The van der Waals surface area contributed by atoms with Gasteiger partial charge in [-0.25, -0.2) is 0 Å². The lowest BCUT2D eigenvalue weighted by molar-refractivity contribution is -0.143. The molecule has 0 aromatic rings. The maximum atomic E-state index is 11.1. The predicted molar refractivity (Wildman–Crippen MR) is 63.7 cm³/mol. The summed E-state index contributed by atoms with van der Waals surface area (Å²) < 4.78 is 10.1. The summed E-state index contributed by atoms with van der Waals surface area (Å²) in [4.78, 5) is 11.1. The Balaban J connectivity index is 3.31. The Morgan fingerprint density at radius 1 is 1.00 bits per heavy atom. The highest BCUT2D eigenvalue weighted by atomic mass is 16.5. The average molecular weight is 229 g/mol. The Morgan fingerprint density at radius 2 is 1.56 bits per heavy atom. The van der Waals surface area contributed by atoms with Crippen LogP contribution in [0.15, 0.2) is 0 Å². The van der Waals surface area contributed by atoms with E-state index < -0.39 is 0 Å². The first-order valence-corrected chi connectivity index (χ1v) is 6.06. The number of rotatable bonds is 9. The smallest absolute Gasteiger partial charge is 0.305 e. The zero-order chi connectivity index (χ0) is 12.2. The molecule has 0 saturated heterocycles. The fourth-order valence-electron chi connectivity index (χ4n) is 1.14. The Kier molecular flexibility index (Phi) is 9.76. The zero-order valence-electron chi connectivity index (χ0n) is 10.4. The van der Waals surface area contributed by atoms with Gasteiger partial charge in [-0.3, -0.25) is 10.2 Å². The Bertz CT molecular complexity index is 182. The summed E-state index contributed by atoms with van der Waals surface area (Å²) in [6, 6.07) is 0. The maximum Gasteiger partial charge on any atom is 0.305 e. The molecule has 0 heterocycles. The highest BCUT2D eigenvalue weighted by Crippen LogP contribution is 2.03. The van der Waals surface area contributed by atoms with Crippen molar-refractivity contribution < 1.29 is 14.3 Å². The minimum Gasteiger partial charge on any atom is -0.481 e. The van der Waals surface area contributed by atoms with Crippen LogP contribution in [-0.2, 0) is 14.3 Å². The third-order valence-corrected chi connectivity index (χ3v) is 1.98. The number of hydrogen-bond donors (Lipinski definition) is 1. The molecule has 16 heavy (non-hydrogen) atoms. The number of esters is 1. The highest BCUT2D eigenvalue weighted by molar-refractivity contribution is 5.72. The van der Waals surface area contributed by atoms with Gasteiger partial charge in [-0.2, -0.15) is 0 Å². The van der Waals surface area contributed by atoms with Gasteiger partial charge < -0.3 is 9.47 Å². The lowest BCUT2D eigenvalue weighted by atomic mass is 10.2. The molecule has 4 heteroatoms. The second kappa shape index (κ2) is 10.5. The molecule has 0 saturated carbocycles. The number of carbonyl (C=O) groups excluding carboxylic acids is 1. The second-order valence-corrected chi connectivity index (χ2v) is 3.70. The fourth-order valence-corrected chi connectivity index (χ4v) is 1.14. The average Bonchev–Trinajstić information content (AvgIpc) is 2.29. The van der Waals surface area contributed by atoms with Gasteiger partial charge in [0.15, 0.2) is 5.90 Å². The van der Waals surface area contributed by atoms with Crippen LogP contribution >= 0.6 is 0 Å². The van der Waals surface area contributed by atoms with Crippen LogP contribution in [0.3, 0.4) is 0 Å². The first kappa shape index (κ1) is 14.9. The number of hydrogen-bond acceptors (Lipinski definition) is 4. The van der Waals surface area contributed by atoms with Gasteiger partial charge in [-0.05, 0) is 25.7 Å². The minimum atomic E-state index is -0.136. The van der Waals surface area contributed by atoms with Crippen molar-refractivity contribution in [2.75, 3.05) is 13.2 Å². The fraction of sp³-hybridized carbons (Fsp3) is 0.833. The van der Waals surface area contributed by atoms with Gasteiger partial charge in [0.2, 0.25) is 0 Å². The SMILES string of the molecule is CCCOC(=N)CCCCC(=O)OCCC. The molecule has 0 aromatic heterocycles. The van der Waals surface area contributed by atoms with E-state index in [-0.39, 0.29) is 5.97 Å². The maximum absolute atomic E-state index is 11.1. The summed E-state index contributed by atoms with van der Waals surface area (Å²) in [7, 11) is 0. The monoisotopic (exact) mass is 229 g/mol. The first-order chi connectivity index (χ1) is 7.70. The third kappa shape index (κ3) is 9.49. The van der Waals surface area contributed by atoms with Crippen LogP contribution in [0, 0.1) is 5.41 Å². The van der Waals surface area contributed by atoms with E-state index >= 15 is 0 Å². The molecule has 0 aliphatic heterocycles. The van der Waals surface area contributed by atoms with Crippen LogP contribution in [0.2, 0.25) is 0 Å². The second-order valence-electron chi connectivity index (χ2n) is 3.70. The van der Waals surface area contributed by atoms with Crippen LogP contribution in [-0.4, -0.2) is 25.1 Å². The van der Waals surface area contributed by atoms with Crippen LogP contribution in [0.5, 0.6) is 0 Å². The Hall–Kier alpha value is -1.06. The molecule has 0 atom stereocenters. The van der Waals surface area contributed by atoms with Crippen LogP contribution in [0.1, 0.15) is 52.4 Å². The number of unbranched alkanes of at least 4 members (excludes halogenated alkanes) is 1. The van der Waals surface area contributed by atoms with E-state index in [4.69, 9.17) is 14.9 Å². The van der Waals surface area contributed by atoms with Crippen molar-refractivity contribution in [3.05, 3.63) is 0 Å². The quantitative estimate of drug-likeness (QED) is 0.286. The van der Waals surface area contributed by atoms with Gasteiger partial charge in [-0.1, -0.05) is 13.8 Å². The minimum absolute atomic E-state index is 0.136. The molecule has 0 aliphatic rings. The molecule has 0 aromatic carbocycles. The molecule has 0 rings (SSSR count). The molecule has 0 radical (unpaired) electrons. The van der Waals surface area contributed by atoms with Crippen molar-refractivity contribution in [3.8, 4) is 0 Å².